The SMILES string of the molecule is Cc1c(C(=O)O[C@@H](C)C(=O)Nc2ccccc2C(F)(F)F)oc2c(F)cccc12. The van der Waals surface area contributed by atoms with Crippen molar-refractivity contribution >= 4 is 28.5 Å². The van der Waals surface area contributed by atoms with Gasteiger partial charge < -0.3 is 14.5 Å². The predicted molar refractivity (Wildman–Crippen MR) is 95.9 cm³/mol. The van der Waals surface area contributed by atoms with Crippen molar-refractivity contribution in [2.75, 3.05) is 5.32 Å². The third kappa shape index (κ3) is 4.08. The lowest BCUT2D eigenvalue weighted by Crippen LogP contribution is -2.30. The van der Waals surface area contributed by atoms with Crippen molar-refractivity contribution in [3.63, 3.8) is 0 Å². The highest BCUT2D eigenvalue weighted by Gasteiger charge is 2.34. The molecular formula is C20H15F4NO4. The van der Waals surface area contributed by atoms with Crippen molar-refractivity contribution < 1.29 is 36.3 Å². The van der Waals surface area contributed by atoms with E-state index >= 15 is 0 Å². The number of benzene rings is 2. The number of alkyl halides is 3. The number of ether oxygens (including phenoxy) is 1. The molecule has 0 unspecified atom stereocenters. The molecule has 1 N–H and O–H groups in total. The highest BCUT2D eigenvalue weighted by atomic mass is 19.4. The van der Waals surface area contributed by atoms with E-state index in [4.69, 9.17) is 9.15 Å². The number of amides is 1. The lowest BCUT2D eigenvalue weighted by atomic mass is 10.1. The molecule has 1 aromatic heterocycles. The van der Waals surface area contributed by atoms with Gasteiger partial charge in [0.1, 0.15) is 0 Å². The van der Waals surface area contributed by atoms with Crippen molar-refractivity contribution in [2.24, 2.45) is 0 Å². The number of halogens is 4. The first-order chi connectivity index (χ1) is 13.6. The van der Waals surface area contributed by atoms with Crippen LogP contribution in [-0.2, 0) is 15.7 Å². The molecule has 3 aromatic rings. The van der Waals surface area contributed by atoms with Crippen LogP contribution in [0.3, 0.4) is 0 Å². The molecule has 1 heterocycles. The van der Waals surface area contributed by atoms with Crippen LogP contribution in [0.25, 0.3) is 11.0 Å². The highest BCUT2D eigenvalue weighted by molar-refractivity contribution is 5.99. The average Bonchev–Trinajstić information content (AvgIpc) is 2.99. The van der Waals surface area contributed by atoms with E-state index in [1.165, 1.54) is 32.0 Å². The van der Waals surface area contributed by atoms with Gasteiger partial charge in [0.2, 0.25) is 5.76 Å². The number of furan rings is 1. The molecule has 0 aliphatic rings. The molecule has 0 spiro atoms. The van der Waals surface area contributed by atoms with Gasteiger partial charge in [-0.25, -0.2) is 9.18 Å². The van der Waals surface area contributed by atoms with Gasteiger partial charge in [-0.2, -0.15) is 13.2 Å². The maximum absolute atomic E-state index is 13.8. The van der Waals surface area contributed by atoms with Crippen LogP contribution in [0.4, 0.5) is 23.2 Å². The number of nitrogens with one attached hydrogen (secondary N) is 1. The van der Waals surface area contributed by atoms with Gasteiger partial charge in [-0.1, -0.05) is 24.3 Å². The number of para-hydroxylation sites is 2. The molecule has 0 aliphatic carbocycles. The Morgan fingerprint density at radius 1 is 1.10 bits per heavy atom. The van der Waals surface area contributed by atoms with Crippen molar-refractivity contribution in [3.05, 3.63) is 65.2 Å². The molecule has 0 fully saturated rings. The number of aryl methyl sites for hydroxylation is 1. The Morgan fingerprint density at radius 2 is 1.79 bits per heavy atom. The molecular weight excluding hydrogens is 394 g/mol. The standard InChI is InChI=1S/C20H15F4NO4/c1-10-12-6-5-8-14(21)17(12)29-16(10)19(27)28-11(2)18(26)25-15-9-4-3-7-13(15)20(22,23)24/h3-9,11H,1-2H3,(H,25,26)/t11-/m0/s1. The Morgan fingerprint density at radius 3 is 2.45 bits per heavy atom. The van der Waals surface area contributed by atoms with Crippen molar-refractivity contribution in [1.82, 2.24) is 0 Å². The van der Waals surface area contributed by atoms with Gasteiger partial charge >= 0.3 is 12.1 Å². The van der Waals surface area contributed by atoms with Gasteiger partial charge in [0.05, 0.1) is 11.3 Å². The van der Waals surface area contributed by atoms with Gasteiger partial charge in [0, 0.05) is 10.9 Å². The van der Waals surface area contributed by atoms with E-state index in [2.05, 4.69) is 5.32 Å². The smallest absolute Gasteiger partial charge is 0.418 e. The van der Waals surface area contributed by atoms with E-state index in [-0.39, 0.29) is 11.3 Å². The van der Waals surface area contributed by atoms with Crippen LogP contribution in [0.2, 0.25) is 0 Å². The van der Waals surface area contributed by atoms with Gasteiger partial charge in [-0.05, 0) is 32.0 Å². The number of hydrogen-bond acceptors (Lipinski definition) is 4. The molecule has 0 bridgehead atoms. The summed E-state index contributed by atoms with van der Waals surface area (Å²) in [4.78, 5) is 24.6. The fraction of sp³-hybridized carbons (Fsp3) is 0.200. The fourth-order valence-corrected chi connectivity index (χ4v) is 2.74. The summed E-state index contributed by atoms with van der Waals surface area (Å²) in [5.74, 6) is -2.96. The zero-order valence-electron chi connectivity index (χ0n) is 15.3. The summed E-state index contributed by atoms with van der Waals surface area (Å²) in [6.45, 7) is 2.72. The van der Waals surface area contributed by atoms with E-state index in [1.54, 1.807) is 6.07 Å². The quantitative estimate of drug-likeness (QED) is 0.482. The predicted octanol–water partition coefficient (Wildman–Crippen LogP) is 5.08. The van der Waals surface area contributed by atoms with Crippen molar-refractivity contribution in [2.45, 2.75) is 26.1 Å². The third-order valence-corrected chi connectivity index (χ3v) is 4.24. The minimum absolute atomic E-state index is 0.131. The molecule has 3 rings (SSSR count). The molecule has 0 saturated carbocycles. The van der Waals surface area contributed by atoms with Gasteiger partial charge in [-0.15, -0.1) is 0 Å². The third-order valence-electron chi connectivity index (χ3n) is 4.24. The first-order valence-corrected chi connectivity index (χ1v) is 8.45. The second-order valence-corrected chi connectivity index (χ2v) is 6.25. The van der Waals surface area contributed by atoms with Crippen molar-refractivity contribution in [1.29, 1.82) is 0 Å². The number of rotatable bonds is 4. The van der Waals surface area contributed by atoms with Crippen LogP contribution in [0, 0.1) is 12.7 Å². The summed E-state index contributed by atoms with van der Waals surface area (Å²) in [6, 6.07) is 8.58. The van der Waals surface area contributed by atoms with Crippen LogP contribution in [0.15, 0.2) is 46.9 Å². The van der Waals surface area contributed by atoms with Crippen LogP contribution in [0.5, 0.6) is 0 Å². The summed E-state index contributed by atoms with van der Waals surface area (Å²) in [7, 11) is 0. The van der Waals surface area contributed by atoms with Crippen LogP contribution < -0.4 is 5.32 Å². The number of hydrogen-bond donors (Lipinski definition) is 1. The second kappa shape index (κ2) is 7.57. The summed E-state index contributed by atoms with van der Waals surface area (Å²) < 4.78 is 63.1. The Bertz CT molecular complexity index is 1090. The van der Waals surface area contributed by atoms with E-state index < -0.39 is 41.2 Å². The zero-order chi connectivity index (χ0) is 21.3. The maximum Gasteiger partial charge on any atom is 0.418 e. The molecule has 1 atom stereocenters. The summed E-state index contributed by atoms with van der Waals surface area (Å²) >= 11 is 0. The number of anilines is 1. The van der Waals surface area contributed by atoms with Crippen molar-refractivity contribution in [3.8, 4) is 0 Å². The van der Waals surface area contributed by atoms with E-state index in [0.717, 1.165) is 18.2 Å². The lowest BCUT2D eigenvalue weighted by Gasteiger charge is -2.16. The lowest BCUT2D eigenvalue weighted by molar-refractivity contribution is -0.137. The van der Waals surface area contributed by atoms with Gasteiger partial charge in [-0.3, -0.25) is 4.79 Å². The number of esters is 1. The summed E-state index contributed by atoms with van der Waals surface area (Å²) in [5, 5.41) is 2.47. The number of carbonyl (C=O) groups is 2. The molecule has 152 valence electrons. The number of carbonyl (C=O) groups excluding carboxylic acids is 2. The molecule has 5 nitrogen and oxygen atoms in total. The Kier molecular flexibility index (Phi) is 5.32. The average molecular weight is 409 g/mol. The molecule has 9 heteroatoms. The van der Waals surface area contributed by atoms with E-state index in [1.807, 2.05) is 0 Å². The summed E-state index contributed by atoms with van der Waals surface area (Å²) in [5.41, 5.74) is -1.31. The fourth-order valence-electron chi connectivity index (χ4n) is 2.74. The first-order valence-electron chi connectivity index (χ1n) is 8.45. The van der Waals surface area contributed by atoms with E-state index in [9.17, 15) is 27.2 Å². The Labute approximate surface area is 162 Å². The van der Waals surface area contributed by atoms with Crippen LogP contribution >= 0.6 is 0 Å². The van der Waals surface area contributed by atoms with Crippen LogP contribution in [0.1, 0.15) is 28.6 Å². The summed E-state index contributed by atoms with van der Waals surface area (Å²) in [6.07, 6.45) is -6.10. The van der Waals surface area contributed by atoms with Gasteiger partial charge in [0.25, 0.3) is 5.91 Å². The molecule has 0 radical (unpaired) electrons. The first kappa shape index (κ1) is 20.4. The number of fused-ring (bicyclic) bond motifs is 1. The Balaban J connectivity index is 1.76. The highest BCUT2D eigenvalue weighted by Crippen LogP contribution is 2.34. The zero-order valence-corrected chi connectivity index (χ0v) is 15.3. The molecule has 0 saturated heterocycles. The minimum Gasteiger partial charge on any atom is -0.447 e. The molecule has 1 amide bonds. The maximum atomic E-state index is 13.8. The van der Waals surface area contributed by atoms with Crippen LogP contribution in [-0.4, -0.2) is 18.0 Å². The molecule has 2 aromatic carbocycles. The normalized spacial score (nSPS) is 12.6. The van der Waals surface area contributed by atoms with E-state index in [0.29, 0.717) is 10.9 Å². The van der Waals surface area contributed by atoms with Gasteiger partial charge in [0.15, 0.2) is 17.5 Å². The topological polar surface area (TPSA) is 68.5 Å². The largest absolute Gasteiger partial charge is 0.447 e. The second-order valence-electron chi connectivity index (χ2n) is 6.25. The monoisotopic (exact) mass is 409 g/mol. The minimum atomic E-state index is -4.67. The molecule has 0 aliphatic heterocycles. The molecule has 29 heavy (non-hydrogen) atoms. The Hall–Kier alpha value is -3.36.